The molecule has 4 rings (SSSR count). The van der Waals surface area contributed by atoms with E-state index < -0.39 is 0 Å². The third-order valence-corrected chi connectivity index (χ3v) is 6.20. The fourth-order valence-electron chi connectivity index (χ4n) is 3.97. The Labute approximate surface area is 199 Å². The van der Waals surface area contributed by atoms with Gasteiger partial charge in [0.1, 0.15) is 0 Å². The van der Waals surface area contributed by atoms with Crippen molar-refractivity contribution in [1.82, 2.24) is 14.8 Å². The summed E-state index contributed by atoms with van der Waals surface area (Å²) in [6, 6.07) is 15.6. The molecule has 33 heavy (non-hydrogen) atoms. The van der Waals surface area contributed by atoms with Gasteiger partial charge in [-0.1, -0.05) is 49.7 Å². The minimum absolute atomic E-state index is 0.0743. The van der Waals surface area contributed by atoms with Crippen LogP contribution in [-0.2, 0) is 11.2 Å². The van der Waals surface area contributed by atoms with E-state index in [2.05, 4.69) is 19.1 Å². The molecule has 2 amide bonds. The van der Waals surface area contributed by atoms with Crippen molar-refractivity contribution in [2.75, 3.05) is 32.8 Å². The number of aromatic nitrogens is 1. The lowest BCUT2D eigenvalue weighted by Crippen LogP contribution is -2.50. The number of hydrogen-bond acceptors (Lipinski definition) is 4. The van der Waals surface area contributed by atoms with Crippen molar-refractivity contribution in [1.29, 1.82) is 0 Å². The molecular formula is C26H28ClN3O3. The average Bonchev–Trinajstić information content (AvgIpc) is 2.86. The molecule has 3 aromatic rings. The molecule has 0 spiro atoms. The van der Waals surface area contributed by atoms with Gasteiger partial charge in [0.2, 0.25) is 0 Å². The number of carbonyl (C=O) groups excluding carboxylic acids is 2. The number of carbonyl (C=O) groups is 2. The van der Waals surface area contributed by atoms with E-state index in [0.29, 0.717) is 48.9 Å². The Balaban J connectivity index is 1.54. The Hall–Kier alpha value is -3.12. The number of hydrogen-bond donors (Lipinski definition) is 0. The largest absolute Gasteiger partial charge is 0.449 e. The molecule has 6 nitrogen and oxygen atoms in total. The van der Waals surface area contributed by atoms with Gasteiger partial charge in [0, 0.05) is 42.7 Å². The summed E-state index contributed by atoms with van der Waals surface area (Å²) in [5.41, 5.74) is 4.26. The van der Waals surface area contributed by atoms with Gasteiger partial charge in [-0.3, -0.25) is 4.79 Å². The molecule has 0 atom stereocenters. The first-order valence-corrected chi connectivity index (χ1v) is 11.8. The maximum atomic E-state index is 13.1. The van der Waals surface area contributed by atoms with Crippen molar-refractivity contribution < 1.29 is 14.3 Å². The first kappa shape index (κ1) is 23.1. The van der Waals surface area contributed by atoms with E-state index in [0.717, 1.165) is 29.5 Å². The average molecular weight is 466 g/mol. The van der Waals surface area contributed by atoms with Crippen molar-refractivity contribution >= 4 is 34.5 Å². The van der Waals surface area contributed by atoms with E-state index in [-0.39, 0.29) is 12.0 Å². The SMILES string of the molecule is CCCOC(=O)N1CCN(C(=O)c2ccc3c(Cl)cc(-c4cccc(CC)c4)nc3c2)CC1. The predicted molar refractivity (Wildman–Crippen MR) is 131 cm³/mol. The highest BCUT2D eigenvalue weighted by Gasteiger charge is 2.26. The minimum atomic E-state index is -0.312. The lowest BCUT2D eigenvalue weighted by Gasteiger charge is -2.34. The van der Waals surface area contributed by atoms with Gasteiger partial charge < -0.3 is 14.5 Å². The molecule has 2 heterocycles. The second kappa shape index (κ2) is 10.2. The van der Waals surface area contributed by atoms with Crippen LogP contribution in [0.2, 0.25) is 5.02 Å². The summed E-state index contributed by atoms with van der Waals surface area (Å²) in [7, 11) is 0. The zero-order valence-electron chi connectivity index (χ0n) is 19.0. The second-order valence-corrected chi connectivity index (χ2v) is 8.58. The highest BCUT2D eigenvalue weighted by atomic mass is 35.5. The second-order valence-electron chi connectivity index (χ2n) is 8.17. The maximum absolute atomic E-state index is 13.1. The van der Waals surface area contributed by atoms with Gasteiger partial charge in [0.15, 0.2) is 0 Å². The van der Waals surface area contributed by atoms with Crippen LogP contribution >= 0.6 is 11.6 Å². The monoisotopic (exact) mass is 465 g/mol. The van der Waals surface area contributed by atoms with Gasteiger partial charge in [-0.15, -0.1) is 0 Å². The normalized spacial score (nSPS) is 13.9. The summed E-state index contributed by atoms with van der Waals surface area (Å²) in [6.07, 6.45) is 1.42. The lowest BCUT2D eigenvalue weighted by molar-refractivity contribution is 0.0560. The molecule has 172 valence electrons. The van der Waals surface area contributed by atoms with Crippen LogP contribution in [0.5, 0.6) is 0 Å². The number of halogens is 1. The van der Waals surface area contributed by atoms with Gasteiger partial charge in [0.25, 0.3) is 5.91 Å². The fraction of sp³-hybridized carbons (Fsp3) is 0.346. The summed E-state index contributed by atoms with van der Waals surface area (Å²) < 4.78 is 5.20. The Morgan fingerprint density at radius 2 is 1.76 bits per heavy atom. The van der Waals surface area contributed by atoms with Crippen molar-refractivity contribution in [2.24, 2.45) is 0 Å². The number of nitrogens with zero attached hydrogens (tertiary/aromatic N) is 3. The summed E-state index contributed by atoms with van der Waals surface area (Å²) in [6.45, 7) is 6.35. The Morgan fingerprint density at radius 3 is 2.48 bits per heavy atom. The molecule has 0 N–H and O–H groups in total. The van der Waals surface area contributed by atoms with Crippen LogP contribution in [0, 0.1) is 0 Å². The number of benzene rings is 2. The van der Waals surface area contributed by atoms with Crippen molar-refractivity contribution in [3.63, 3.8) is 0 Å². The molecule has 0 saturated carbocycles. The Bertz CT molecular complexity index is 1170. The first-order valence-electron chi connectivity index (χ1n) is 11.4. The maximum Gasteiger partial charge on any atom is 0.409 e. The third kappa shape index (κ3) is 5.11. The summed E-state index contributed by atoms with van der Waals surface area (Å²) >= 11 is 6.56. The van der Waals surface area contributed by atoms with Crippen LogP contribution in [-0.4, -0.2) is 59.6 Å². The minimum Gasteiger partial charge on any atom is -0.449 e. The molecule has 1 aromatic heterocycles. The van der Waals surface area contributed by atoms with E-state index in [1.807, 2.05) is 31.2 Å². The summed E-state index contributed by atoms with van der Waals surface area (Å²) in [5, 5.41) is 1.42. The van der Waals surface area contributed by atoms with Gasteiger partial charge in [-0.2, -0.15) is 0 Å². The summed E-state index contributed by atoms with van der Waals surface area (Å²) in [5.74, 6) is -0.0743. The molecule has 7 heteroatoms. The van der Waals surface area contributed by atoms with E-state index >= 15 is 0 Å². The molecule has 0 aliphatic carbocycles. The van der Waals surface area contributed by atoms with Crippen LogP contribution in [0.4, 0.5) is 4.79 Å². The van der Waals surface area contributed by atoms with E-state index in [9.17, 15) is 9.59 Å². The van der Waals surface area contributed by atoms with E-state index in [1.54, 1.807) is 21.9 Å². The molecular weight excluding hydrogens is 438 g/mol. The first-order chi connectivity index (χ1) is 16.0. The van der Waals surface area contributed by atoms with Gasteiger partial charge in [-0.05, 0) is 42.7 Å². The smallest absolute Gasteiger partial charge is 0.409 e. The highest BCUT2D eigenvalue weighted by molar-refractivity contribution is 6.35. The topological polar surface area (TPSA) is 62.7 Å². The van der Waals surface area contributed by atoms with Crippen LogP contribution in [0.1, 0.15) is 36.2 Å². The molecule has 0 radical (unpaired) electrons. The van der Waals surface area contributed by atoms with Crippen LogP contribution < -0.4 is 0 Å². The quantitative estimate of drug-likeness (QED) is 0.504. The van der Waals surface area contributed by atoms with E-state index in [1.165, 1.54) is 5.56 Å². The number of pyridine rings is 1. The zero-order chi connectivity index (χ0) is 23.4. The molecule has 0 bridgehead atoms. The van der Waals surface area contributed by atoms with Crippen LogP contribution in [0.15, 0.2) is 48.5 Å². The number of amides is 2. The van der Waals surface area contributed by atoms with Crippen molar-refractivity contribution in [2.45, 2.75) is 26.7 Å². The number of rotatable bonds is 5. The highest BCUT2D eigenvalue weighted by Crippen LogP contribution is 2.29. The standard InChI is InChI=1S/C26H28ClN3O3/c1-3-14-33-26(32)30-12-10-29(11-13-30)25(31)20-8-9-21-22(27)17-23(28-24(21)16-20)19-7-5-6-18(4-2)15-19/h5-9,15-17H,3-4,10-14H2,1-2H3. The fourth-order valence-corrected chi connectivity index (χ4v) is 4.24. The molecule has 1 aliphatic heterocycles. The van der Waals surface area contributed by atoms with Crippen molar-refractivity contribution in [3.8, 4) is 11.3 Å². The summed E-state index contributed by atoms with van der Waals surface area (Å²) in [4.78, 5) is 33.4. The molecule has 1 aliphatic rings. The number of ether oxygens (including phenoxy) is 1. The number of piperazine rings is 1. The predicted octanol–water partition coefficient (Wildman–Crippen LogP) is 5.42. The van der Waals surface area contributed by atoms with Gasteiger partial charge >= 0.3 is 6.09 Å². The molecule has 1 fully saturated rings. The van der Waals surface area contributed by atoms with Crippen LogP contribution in [0.3, 0.4) is 0 Å². The Kier molecular flexibility index (Phi) is 7.14. The lowest BCUT2D eigenvalue weighted by atomic mass is 10.0. The van der Waals surface area contributed by atoms with Gasteiger partial charge in [0.05, 0.1) is 22.8 Å². The third-order valence-electron chi connectivity index (χ3n) is 5.89. The molecule has 2 aromatic carbocycles. The molecule has 1 saturated heterocycles. The molecule has 0 unspecified atom stereocenters. The van der Waals surface area contributed by atoms with Crippen LogP contribution in [0.25, 0.3) is 22.2 Å². The van der Waals surface area contributed by atoms with E-state index in [4.69, 9.17) is 21.3 Å². The van der Waals surface area contributed by atoms with Crippen molar-refractivity contribution in [3.05, 3.63) is 64.7 Å². The van der Waals surface area contributed by atoms with Gasteiger partial charge in [-0.25, -0.2) is 9.78 Å². The number of fused-ring (bicyclic) bond motifs is 1. The zero-order valence-corrected chi connectivity index (χ0v) is 19.8. The Morgan fingerprint density at radius 1 is 1.00 bits per heavy atom. The number of aryl methyl sites for hydroxylation is 1.